The summed E-state index contributed by atoms with van der Waals surface area (Å²) in [5.74, 6) is 3.11. The summed E-state index contributed by atoms with van der Waals surface area (Å²) < 4.78 is 11.9. The van der Waals surface area contributed by atoms with Crippen LogP contribution >= 0.6 is 0 Å². The van der Waals surface area contributed by atoms with E-state index in [0.717, 1.165) is 23.7 Å². The molecule has 1 fully saturated rings. The Morgan fingerprint density at radius 1 is 0.929 bits per heavy atom. The fourth-order valence-electron chi connectivity index (χ4n) is 5.04. The lowest BCUT2D eigenvalue weighted by atomic mass is 9.62. The molecule has 2 heteroatoms. The van der Waals surface area contributed by atoms with Gasteiger partial charge in [0.1, 0.15) is 5.82 Å². The first kappa shape index (κ1) is 22.6. The van der Waals surface area contributed by atoms with E-state index in [-0.39, 0.29) is 5.82 Å². The Morgan fingerprint density at radius 3 is 2.14 bits per heavy atom. The number of nitrogens with one attached hydrogen (secondary N) is 1. The number of benzene rings is 2. The zero-order valence-electron chi connectivity index (χ0n) is 18.3. The molecule has 2 aromatic carbocycles. The molecule has 0 aromatic heterocycles. The number of halogens is 1. The van der Waals surface area contributed by atoms with Gasteiger partial charge in [-0.15, -0.1) is 0 Å². The monoisotopic (exact) mass is 383 g/mol. The van der Waals surface area contributed by atoms with Crippen molar-refractivity contribution in [3.8, 4) is 0 Å². The van der Waals surface area contributed by atoms with Gasteiger partial charge in [-0.05, 0) is 87.2 Å². The second kappa shape index (κ2) is 11.4. The molecule has 28 heavy (non-hydrogen) atoms. The van der Waals surface area contributed by atoms with E-state index in [9.17, 15) is 4.39 Å². The summed E-state index contributed by atoms with van der Waals surface area (Å²) in [6.45, 7) is 10.5. The lowest BCUT2D eigenvalue weighted by Gasteiger charge is -2.44. The summed E-state index contributed by atoms with van der Waals surface area (Å²) >= 11 is 0. The first-order valence-corrected chi connectivity index (χ1v) is 10.9. The molecule has 0 heterocycles. The molecule has 1 nitrogen and oxygen atoms in total. The van der Waals surface area contributed by atoms with E-state index < -0.39 is 0 Å². The predicted octanol–water partition coefficient (Wildman–Crippen LogP) is 6.89. The smallest absolute Gasteiger partial charge is 0.123 e. The summed E-state index contributed by atoms with van der Waals surface area (Å²) in [4.78, 5) is 0. The second-order valence-corrected chi connectivity index (χ2v) is 8.32. The Morgan fingerprint density at radius 2 is 1.61 bits per heavy atom. The third kappa shape index (κ3) is 5.91. The maximum Gasteiger partial charge on any atom is 0.123 e. The van der Waals surface area contributed by atoms with Crippen LogP contribution in [0.3, 0.4) is 0 Å². The first-order valence-electron chi connectivity index (χ1n) is 10.9. The zero-order valence-corrected chi connectivity index (χ0v) is 18.3. The van der Waals surface area contributed by atoms with E-state index in [4.69, 9.17) is 0 Å². The SMILES string of the molecule is CCC1CCC(CNC)C(CC)C1c1cc(C)ccc1C.Fc1ccccc1. The molecule has 0 aliphatic heterocycles. The fourth-order valence-corrected chi connectivity index (χ4v) is 5.04. The van der Waals surface area contributed by atoms with E-state index >= 15 is 0 Å². The molecule has 3 rings (SSSR count). The second-order valence-electron chi connectivity index (χ2n) is 8.32. The highest BCUT2D eigenvalue weighted by molar-refractivity contribution is 5.35. The minimum Gasteiger partial charge on any atom is -0.319 e. The highest BCUT2D eigenvalue weighted by atomic mass is 19.1. The molecule has 2 aromatic rings. The molecule has 0 bridgehead atoms. The molecular formula is C26H38FN. The van der Waals surface area contributed by atoms with Crippen LogP contribution in [0.2, 0.25) is 0 Å². The molecule has 1 saturated carbocycles. The quantitative estimate of drug-likeness (QED) is 0.592. The molecule has 0 saturated heterocycles. The van der Waals surface area contributed by atoms with Gasteiger partial charge in [-0.25, -0.2) is 4.39 Å². The standard InChI is InChI=1S/C20H33N.C6H5F/c1-6-16-10-11-17(13-21-5)18(7-2)20(16)19-12-14(3)8-9-15(19)4;7-6-4-2-1-3-5-6/h8-9,12,16-18,20-21H,6-7,10-11,13H2,1-5H3;1-5H. The van der Waals surface area contributed by atoms with Gasteiger partial charge in [0, 0.05) is 0 Å². The summed E-state index contributed by atoms with van der Waals surface area (Å²) in [5.41, 5.74) is 4.54. The lowest BCUT2D eigenvalue weighted by molar-refractivity contribution is 0.133. The molecule has 154 valence electrons. The summed E-state index contributed by atoms with van der Waals surface area (Å²) in [6, 6.07) is 15.0. The first-order chi connectivity index (χ1) is 13.5. The molecule has 4 unspecified atom stereocenters. The number of hydrogen-bond donors (Lipinski definition) is 1. The Balaban J connectivity index is 0.000000336. The molecule has 1 aliphatic carbocycles. The van der Waals surface area contributed by atoms with Gasteiger partial charge in [0.2, 0.25) is 0 Å². The number of rotatable bonds is 5. The van der Waals surface area contributed by atoms with E-state index in [2.05, 4.69) is 58.3 Å². The van der Waals surface area contributed by atoms with Gasteiger partial charge in [0.15, 0.2) is 0 Å². The van der Waals surface area contributed by atoms with Crippen molar-refractivity contribution in [2.75, 3.05) is 13.6 Å². The number of aryl methyl sites for hydroxylation is 2. The molecule has 0 radical (unpaired) electrons. The highest BCUT2D eigenvalue weighted by Crippen LogP contribution is 2.48. The Hall–Kier alpha value is -1.67. The average molecular weight is 384 g/mol. The van der Waals surface area contributed by atoms with Crippen molar-refractivity contribution in [2.45, 2.75) is 59.3 Å². The molecule has 1 N–H and O–H groups in total. The van der Waals surface area contributed by atoms with E-state index in [1.807, 2.05) is 0 Å². The topological polar surface area (TPSA) is 12.0 Å². The number of hydrogen-bond acceptors (Lipinski definition) is 1. The summed E-state index contributed by atoms with van der Waals surface area (Å²) in [5, 5.41) is 3.43. The van der Waals surface area contributed by atoms with Gasteiger partial charge in [-0.2, -0.15) is 0 Å². The van der Waals surface area contributed by atoms with Crippen LogP contribution in [0.15, 0.2) is 48.5 Å². The normalized spacial score (nSPS) is 24.4. The molecule has 0 spiro atoms. The van der Waals surface area contributed by atoms with Crippen molar-refractivity contribution in [3.63, 3.8) is 0 Å². The summed E-state index contributed by atoms with van der Waals surface area (Å²) in [6.07, 6.45) is 5.43. The minimum atomic E-state index is -0.178. The largest absolute Gasteiger partial charge is 0.319 e. The van der Waals surface area contributed by atoms with Gasteiger partial charge in [0.25, 0.3) is 0 Å². The van der Waals surface area contributed by atoms with Crippen LogP contribution in [0.25, 0.3) is 0 Å². The third-order valence-electron chi connectivity index (χ3n) is 6.47. The van der Waals surface area contributed by atoms with Crippen molar-refractivity contribution in [1.29, 1.82) is 0 Å². The maximum atomic E-state index is 11.9. The molecule has 4 atom stereocenters. The fraction of sp³-hybridized carbons (Fsp3) is 0.538. The molecule has 1 aliphatic rings. The van der Waals surface area contributed by atoms with Crippen LogP contribution in [0, 0.1) is 37.4 Å². The van der Waals surface area contributed by atoms with E-state index in [1.165, 1.54) is 55.5 Å². The van der Waals surface area contributed by atoms with Crippen LogP contribution in [0.1, 0.15) is 62.1 Å². The molecular weight excluding hydrogens is 345 g/mol. The van der Waals surface area contributed by atoms with Crippen LogP contribution in [-0.4, -0.2) is 13.6 Å². The van der Waals surface area contributed by atoms with Crippen LogP contribution < -0.4 is 5.32 Å². The van der Waals surface area contributed by atoms with Crippen LogP contribution in [0.4, 0.5) is 4.39 Å². The minimum absolute atomic E-state index is 0.178. The van der Waals surface area contributed by atoms with Crippen molar-refractivity contribution < 1.29 is 4.39 Å². The Bertz CT molecular complexity index is 697. The van der Waals surface area contributed by atoms with E-state index in [1.54, 1.807) is 23.8 Å². The summed E-state index contributed by atoms with van der Waals surface area (Å²) in [7, 11) is 2.10. The van der Waals surface area contributed by atoms with E-state index in [0.29, 0.717) is 0 Å². The van der Waals surface area contributed by atoms with Gasteiger partial charge in [-0.3, -0.25) is 0 Å². The van der Waals surface area contributed by atoms with Gasteiger partial charge in [0.05, 0.1) is 0 Å². The highest BCUT2D eigenvalue weighted by Gasteiger charge is 2.38. The zero-order chi connectivity index (χ0) is 20.5. The Labute approximate surface area is 171 Å². The van der Waals surface area contributed by atoms with Crippen molar-refractivity contribution in [1.82, 2.24) is 5.32 Å². The Kier molecular flexibility index (Phi) is 9.18. The van der Waals surface area contributed by atoms with Crippen molar-refractivity contribution in [3.05, 3.63) is 71.0 Å². The van der Waals surface area contributed by atoms with Crippen LogP contribution in [-0.2, 0) is 0 Å². The third-order valence-corrected chi connectivity index (χ3v) is 6.47. The van der Waals surface area contributed by atoms with Crippen LogP contribution in [0.5, 0.6) is 0 Å². The lowest BCUT2D eigenvalue weighted by Crippen LogP contribution is -2.37. The van der Waals surface area contributed by atoms with Crippen molar-refractivity contribution >= 4 is 0 Å². The molecule has 0 amide bonds. The van der Waals surface area contributed by atoms with Crippen molar-refractivity contribution in [2.24, 2.45) is 17.8 Å². The predicted molar refractivity (Wildman–Crippen MR) is 119 cm³/mol. The van der Waals surface area contributed by atoms with Gasteiger partial charge < -0.3 is 5.32 Å². The average Bonchev–Trinajstić information content (AvgIpc) is 2.71. The maximum absolute atomic E-state index is 11.9. The van der Waals surface area contributed by atoms with Gasteiger partial charge >= 0.3 is 0 Å². The van der Waals surface area contributed by atoms with Gasteiger partial charge in [-0.1, -0.05) is 68.7 Å².